The summed E-state index contributed by atoms with van der Waals surface area (Å²) in [5.41, 5.74) is 0.788. The maximum absolute atomic E-state index is 11.8. The summed E-state index contributed by atoms with van der Waals surface area (Å²) in [6, 6.07) is 0. The number of carbonyl (C=O) groups excluding carboxylic acids is 2. The first-order valence-electron chi connectivity index (χ1n) is 4.44. The van der Waals surface area contributed by atoms with E-state index in [2.05, 4.69) is 28.9 Å². The lowest BCUT2D eigenvalue weighted by Gasteiger charge is -2.23. The maximum Gasteiger partial charge on any atom is 0.321 e. The van der Waals surface area contributed by atoms with Crippen molar-refractivity contribution >= 4 is 11.8 Å². The molecule has 0 saturated heterocycles. The number of rotatable bonds is 5. The fraction of sp³-hybridized carbons (Fsp3) is 0.308. The summed E-state index contributed by atoms with van der Waals surface area (Å²) in [5, 5.41) is 0. The molecule has 3 heteroatoms. The number of allylic oxidation sites excluding steroid dienone is 1. The van der Waals surface area contributed by atoms with Crippen molar-refractivity contribution in [3.8, 4) is 24.7 Å². The van der Waals surface area contributed by atoms with E-state index < -0.39 is 17.2 Å². The van der Waals surface area contributed by atoms with Gasteiger partial charge in [0.05, 0.1) is 7.11 Å². The predicted octanol–water partition coefficient (Wildman–Crippen LogP) is 1.10. The minimum Gasteiger partial charge on any atom is -0.468 e. The first-order valence-corrected chi connectivity index (χ1v) is 4.44. The van der Waals surface area contributed by atoms with Crippen molar-refractivity contribution in [2.45, 2.75) is 12.8 Å². The van der Waals surface area contributed by atoms with Crippen LogP contribution in [0.2, 0.25) is 0 Å². The van der Waals surface area contributed by atoms with E-state index in [-0.39, 0.29) is 12.8 Å². The molecule has 0 amide bonds. The molecule has 0 heterocycles. The van der Waals surface area contributed by atoms with Gasteiger partial charge in [-0.1, -0.05) is 6.58 Å². The van der Waals surface area contributed by atoms with Crippen molar-refractivity contribution in [1.82, 2.24) is 0 Å². The third kappa shape index (κ3) is 2.64. The molecule has 0 bridgehead atoms. The van der Waals surface area contributed by atoms with Crippen LogP contribution in [0.3, 0.4) is 0 Å². The highest BCUT2D eigenvalue weighted by atomic mass is 16.5. The Morgan fingerprint density at radius 2 is 1.88 bits per heavy atom. The molecule has 16 heavy (non-hydrogen) atoms. The minimum atomic E-state index is -1.51. The van der Waals surface area contributed by atoms with Crippen LogP contribution in [0.25, 0.3) is 0 Å². The van der Waals surface area contributed by atoms with Crippen molar-refractivity contribution in [1.29, 1.82) is 0 Å². The molecule has 0 aromatic carbocycles. The molecule has 3 nitrogen and oxygen atoms in total. The van der Waals surface area contributed by atoms with Gasteiger partial charge in [-0.15, -0.1) is 30.4 Å². The summed E-state index contributed by atoms with van der Waals surface area (Å²) in [6.45, 7) is 3.26. The lowest BCUT2D eigenvalue weighted by atomic mass is 9.77. The van der Waals surface area contributed by atoms with Gasteiger partial charge >= 0.3 is 5.97 Å². The highest BCUT2D eigenvalue weighted by Crippen LogP contribution is 2.29. The molecular weight excluding hydrogens is 204 g/mol. The van der Waals surface area contributed by atoms with Crippen molar-refractivity contribution < 1.29 is 14.3 Å². The molecule has 0 saturated carbocycles. The number of methoxy groups -OCH3 is 1. The molecule has 0 aromatic rings. The van der Waals surface area contributed by atoms with E-state index in [0.717, 1.165) is 6.08 Å². The second kappa shape index (κ2) is 6.30. The predicted molar refractivity (Wildman–Crippen MR) is 60.1 cm³/mol. The number of hydrogen-bond acceptors (Lipinski definition) is 3. The summed E-state index contributed by atoms with van der Waals surface area (Å²) in [6.07, 6.45) is 11.1. The van der Waals surface area contributed by atoms with Gasteiger partial charge in [0.15, 0.2) is 11.2 Å². The molecule has 0 aliphatic carbocycles. The van der Waals surface area contributed by atoms with Crippen LogP contribution in [0.1, 0.15) is 12.8 Å². The van der Waals surface area contributed by atoms with Crippen molar-refractivity contribution in [2.24, 2.45) is 5.41 Å². The summed E-state index contributed by atoms with van der Waals surface area (Å²) in [5.74, 6) is 3.25. The van der Waals surface area contributed by atoms with Crippen LogP contribution in [0, 0.1) is 30.1 Å². The van der Waals surface area contributed by atoms with Crippen LogP contribution in [-0.4, -0.2) is 18.9 Å². The number of ketones is 1. The van der Waals surface area contributed by atoms with E-state index in [1.165, 1.54) is 7.11 Å². The molecule has 0 fully saturated rings. The second-order valence-electron chi connectivity index (χ2n) is 3.05. The Labute approximate surface area is 95.2 Å². The molecule has 0 N–H and O–H groups in total. The molecule has 0 spiro atoms. The zero-order valence-corrected chi connectivity index (χ0v) is 9.08. The SMILES string of the molecule is C#CCC(CC#C)(C(=O)C=C=C)C(=O)OC. The Morgan fingerprint density at radius 3 is 2.19 bits per heavy atom. The fourth-order valence-corrected chi connectivity index (χ4v) is 1.26. The van der Waals surface area contributed by atoms with Gasteiger partial charge in [0.25, 0.3) is 0 Å². The molecular formula is C13H12O3. The van der Waals surface area contributed by atoms with Crippen LogP contribution in [0.15, 0.2) is 18.4 Å². The third-order valence-electron chi connectivity index (χ3n) is 2.09. The Morgan fingerprint density at radius 1 is 1.38 bits per heavy atom. The normalized spacial score (nSPS) is 9.19. The van der Waals surface area contributed by atoms with Crippen LogP contribution in [0.4, 0.5) is 0 Å². The van der Waals surface area contributed by atoms with Crippen LogP contribution in [0.5, 0.6) is 0 Å². The monoisotopic (exact) mass is 216 g/mol. The molecule has 0 atom stereocenters. The van der Waals surface area contributed by atoms with Crippen molar-refractivity contribution in [3.05, 3.63) is 18.4 Å². The number of ether oxygens (including phenoxy) is 1. The van der Waals surface area contributed by atoms with Crippen molar-refractivity contribution in [2.75, 3.05) is 7.11 Å². The first kappa shape index (κ1) is 13.8. The van der Waals surface area contributed by atoms with E-state index in [1.807, 2.05) is 0 Å². The summed E-state index contributed by atoms with van der Waals surface area (Å²) < 4.78 is 4.57. The smallest absolute Gasteiger partial charge is 0.321 e. The standard InChI is InChI=1S/C13H12O3/c1-5-8-11(14)13(9-6-2,10-7-3)12(15)16-4/h2-3,8H,1,9-10H2,4H3. The molecule has 0 aromatic heterocycles. The van der Waals surface area contributed by atoms with E-state index >= 15 is 0 Å². The van der Waals surface area contributed by atoms with E-state index in [0.29, 0.717) is 0 Å². The summed E-state index contributed by atoms with van der Waals surface area (Å²) >= 11 is 0. The Balaban J connectivity index is 5.52. The first-order chi connectivity index (χ1) is 7.58. The lowest BCUT2D eigenvalue weighted by Crippen LogP contribution is -2.39. The number of esters is 1. The minimum absolute atomic E-state index is 0.110. The van der Waals surface area contributed by atoms with Gasteiger partial charge in [-0.25, -0.2) is 0 Å². The van der Waals surface area contributed by atoms with E-state index in [1.54, 1.807) is 0 Å². The summed E-state index contributed by atoms with van der Waals surface area (Å²) in [7, 11) is 1.18. The van der Waals surface area contributed by atoms with Gasteiger partial charge in [0.2, 0.25) is 0 Å². The van der Waals surface area contributed by atoms with E-state index in [9.17, 15) is 9.59 Å². The van der Waals surface area contributed by atoms with Crippen LogP contribution >= 0.6 is 0 Å². The zero-order valence-electron chi connectivity index (χ0n) is 9.08. The Kier molecular flexibility index (Phi) is 5.42. The van der Waals surface area contributed by atoms with Gasteiger partial charge in [-0.3, -0.25) is 9.59 Å². The van der Waals surface area contributed by atoms with Crippen molar-refractivity contribution in [3.63, 3.8) is 0 Å². The second-order valence-corrected chi connectivity index (χ2v) is 3.05. The number of carbonyl (C=O) groups is 2. The Bertz CT molecular complexity index is 395. The molecule has 0 radical (unpaired) electrons. The Hall–Kier alpha value is -2.22. The third-order valence-corrected chi connectivity index (χ3v) is 2.09. The topological polar surface area (TPSA) is 43.4 Å². The van der Waals surface area contributed by atoms with Crippen LogP contribution in [-0.2, 0) is 14.3 Å². The average molecular weight is 216 g/mol. The average Bonchev–Trinajstić information content (AvgIpc) is 2.27. The molecule has 82 valence electrons. The molecule has 0 rings (SSSR count). The molecule has 0 aliphatic rings. The number of hydrogen-bond donors (Lipinski definition) is 0. The highest BCUT2D eigenvalue weighted by Gasteiger charge is 2.44. The van der Waals surface area contributed by atoms with Gasteiger partial charge < -0.3 is 4.74 Å². The summed E-state index contributed by atoms with van der Waals surface area (Å²) in [4.78, 5) is 23.4. The van der Waals surface area contributed by atoms with Gasteiger partial charge in [-0.05, 0) is 0 Å². The quantitative estimate of drug-likeness (QED) is 0.227. The van der Waals surface area contributed by atoms with E-state index in [4.69, 9.17) is 12.8 Å². The fourth-order valence-electron chi connectivity index (χ4n) is 1.26. The van der Waals surface area contributed by atoms with Gasteiger partial charge in [0, 0.05) is 18.9 Å². The largest absolute Gasteiger partial charge is 0.468 e. The van der Waals surface area contributed by atoms with Crippen LogP contribution < -0.4 is 0 Å². The number of terminal acetylenes is 2. The zero-order chi connectivity index (χ0) is 12.6. The molecule has 0 unspecified atom stereocenters. The highest BCUT2D eigenvalue weighted by molar-refractivity contribution is 6.09. The maximum atomic E-state index is 11.8. The lowest BCUT2D eigenvalue weighted by molar-refractivity contribution is -0.156. The van der Waals surface area contributed by atoms with Gasteiger partial charge in [-0.2, -0.15) is 0 Å². The molecule has 0 aliphatic heterocycles. The van der Waals surface area contributed by atoms with Gasteiger partial charge in [0.1, 0.15) is 0 Å².